The van der Waals surface area contributed by atoms with Crippen LogP contribution in [0.1, 0.15) is 53.9 Å². The fourth-order valence-corrected chi connectivity index (χ4v) is 2.68. The number of amides is 1. The van der Waals surface area contributed by atoms with Crippen LogP contribution in [0.3, 0.4) is 0 Å². The maximum atomic E-state index is 11.6. The van der Waals surface area contributed by atoms with Gasteiger partial charge in [-0.05, 0) is 34.1 Å². The molecule has 0 radical (unpaired) electrons. The standard InChI is InChI=1S/C13H26N2O3/c1-6-7-14-11(16)18-10-8-12(2,3)15(17)13(4,5)9-10/h10,17H,6-9H2,1-5H3,(H,14,16). The van der Waals surface area contributed by atoms with Crippen molar-refractivity contribution in [3.63, 3.8) is 0 Å². The van der Waals surface area contributed by atoms with E-state index in [1.807, 2.05) is 34.6 Å². The van der Waals surface area contributed by atoms with Gasteiger partial charge in [-0.25, -0.2) is 4.79 Å². The minimum Gasteiger partial charge on any atom is -0.446 e. The molecular weight excluding hydrogens is 232 g/mol. The summed E-state index contributed by atoms with van der Waals surface area (Å²) in [4.78, 5) is 11.6. The van der Waals surface area contributed by atoms with Crippen LogP contribution in [0.25, 0.3) is 0 Å². The molecule has 0 aromatic rings. The van der Waals surface area contributed by atoms with Gasteiger partial charge in [0, 0.05) is 30.5 Å². The number of hydrogen-bond acceptors (Lipinski definition) is 4. The molecule has 0 aromatic heterocycles. The third-order valence-electron chi connectivity index (χ3n) is 3.39. The second-order valence-corrected chi connectivity index (χ2v) is 6.30. The average Bonchev–Trinajstić information content (AvgIpc) is 2.22. The van der Waals surface area contributed by atoms with E-state index in [0.717, 1.165) is 6.42 Å². The van der Waals surface area contributed by atoms with Crippen LogP contribution in [0.4, 0.5) is 4.79 Å². The lowest BCUT2D eigenvalue weighted by Crippen LogP contribution is -2.60. The first kappa shape index (κ1) is 15.2. The lowest BCUT2D eigenvalue weighted by Gasteiger charge is -2.50. The number of nitrogens with zero attached hydrogens (tertiary/aromatic N) is 1. The van der Waals surface area contributed by atoms with Gasteiger partial charge in [-0.15, -0.1) is 0 Å². The van der Waals surface area contributed by atoms with E-state index in [1.54, 1.807) is 0 Å². The van der Waals surface area contributed by atoms with Gasteiger partial charge in [-0.2, -0.15) is 5.06 Å². The lowest BCUT2D eigenvalue weighted by atomic mass is 9.80. The Morgan fingerprint density at radius 1 is 1.33 bits per heavy atom. The van der Waals surface area contributed by atoms with Crippen LogP contribution in [0.2, 0.25) is 0 Å². The number of carbonyl (C=O) groups excluding carboxylic acids is 1. The normalized spacial score (nSPS) is 23.7. The number of nitrogens with one attached hydrogen (secondary N) is 1. The minimum absolute atomic E-state index is 0.157. The zero-order valence-electron chi connectivity index (χ0n) is 12.1. The largest absolute Gasteiger partial charge is 0.446 e. The van der Waals surface area contributed by atoms with Gasteiger partial charge < -0.3 is 15.3 Å². The molecule has 1 fully saturated rings. The fraction of sp³-hybridized carbons (Fsp3) is 0.923. The Balaban J connectivity index is 2.61. The van der Waals surface area contributed by atoms with E-state index in [4.69, 9.17) is 4.74 Å². The second-order valence-electron chi connectivity index (χ2n) is 6.30. The van der Waals surface area contributed by atoms with E-state index in [2.05, 4.69) is 5.32 Å². The van der Waals surface area contributed by atoms with Crippen molar-refractivity contribution in [3.8, 4) is 0 Å². The summed E-state index contributed by atoms with van der Waals surface area (Å²) in [7, 11) is 0. The molecule has 1 saturated heterocycles. The quantitative estimate of drug-likeness (QED) is 0.816. The smallest absolute Gasteiger partial charge is 0.407 e. The topological polar surface area (TPSA) is 61.8 Å². The zero-order valence-corrected chi connectivity index (χ0v) is 12.1. The number of hydroxylamine groups is 2. The molecule has 0 unspecified atom stereocenters. The summed E-state index contributed by atoms with van der Waals surface area (Å²) < 4.78 is 5.43. The van der Waals surface area contributed by atoms with Gasteiger partial charge in [0.05, 0.1) is 0 Å². The van der Waals surface area contributed by atoms with Gasteiger partial charge in [0.1, 0.15) is 6.10 Å². The highest BCUT2D eigenvalue weighted by Crippen LogP contribution is 2.37. The molecule has 5 heteroatoms. The first-order valence-corrected chi connectivity index (χ1v) is 6.63. The van der Waals surface area contributed by atoms with Crippen molar-refractivity contribution < 1.29 is 14.7 Å². The minimum atomic E-state index is -0.391. The Morgan fingerprint density at radius 3 is 2.28 bits per heavy atom. The summed E-state index contributed by atoms with van der Waals surface area (Å²) in [5.74, 6) is 0. The Hall–Kier alpha value is -0.810. The average molecular weight is 258 g/mol. The molecule has 1 rings (SSSR count). The number of ether oxygens (including phenoxy) is 1. The van der Waals surface area contributed by atoms with Crippen molar-refractivity contribution in [3.05, 3.63) is 0 Å². The summed E-state index contributed by atoms with van der Waals surface area (Å²) in [6.45, 7) is 10.4. The molecule has 0 bridgehead atoms. The molecule has 1 aliphatic heterocycles. The molecule has 1 heterocycles. The van der Waals surface area contributed by atoms with E-state index in [9.17, 15) is 10.0 Å². The van der Waals surface area contributed by atoms with Crippen molar-refractivity contribution in [2.45, 2.75) is 71.1 Å². The van der Waals surface area contributed by atoms with Crippen LogP contribution in [-0.4, -0.2) is 40.1 Å². The van der Waals surface area contributed by atoms with Crippen LogP contribution in [0.15, 0.2) is 0 Å². The SMILES string of the molecule is CCCNC(=O)OC1CC(C)(C)N(O)C(C)(C)C1. The first-order valence-electron chi connectivity index (χ1n) is 6.63. The predicted octanol–water partition coefficient (Wildman–Crippen LogP) is 2.53. The van der Waals surface area contributed by atoms with Crippen LogP contribution in [0, 0.1) is 0 Å². The van der Waals surface area contributed by atoms with E-state index >= 15 is 0 Å². The molecule has 1 aliphatic rings. The zero-order chi connectivity index (χ0) is 14.0. The van der Waals surface area contributed by atoms with Crippen molar-refractivity contribution in [1.29, 1.82) is 0 Å². The van der Waals surface area contributed by atoms with Crippen LogP contribution >= 0.6 is 0 Å². The summed E-state index contributed by atoms with van der Waals surface area (Å²) in [6, 6.07) is 0. The Bertz CT molecular complexity index is 285. The number of hydrogen-bond donors (Lipinski definition) is 2. The van der Waals surface area contributed by atoms with Gasteiger partial charge in [-0.1, -0.05) is 6.92 Å². The van der Waals surface area contributed by atoms with E-state index in [-0.39, 0.29) is 12.2 Å². The molecular formula is C13H26N2O3. The molecule has 18 heavy (non-hydrogen) atoms. The molecule has 0 atom stereocenters. The number of alkyl carbamates (subject to hydrolysis) is 1. The second kappa shape index (κ2) is 5.45. The number of piperidine rings is 1. The maximum Gasteiger partial charge on any atom is 0.407 e. The summed E-state index contributed by atoms with van der Waals surface area (Å²) in [5.41, 5.74) is -0.783. The lowest BCUT2D eigenvalue weighted by molar-refractivity contribution is -0.256. The highest BCUT2D eigenvalue weighted by atomic mass is 16.6. The van der Waals surface area contributed by atoms with Crippen molar-refractivity contribution >= 4 is 6.09 Å². The van der Waals surface area contributed by atoms with Gasteiger partial charge in [0.2, 0.25) is 0 Å². The van der Waals surface area contributed by atoms with Crippen LogP contribution in [0.5, 0.6) is 0 Å². The van der Waals surface area contributed by atoms with Gasteiger partial charge >= 0.3 is 6.09 Å². The first-order chi connectivity index (χ1) is 8.19. The third kappa shape index (κ3) is 3.59. The highest BCUT2D eigenvalue weighted by Gasteiger charge is 2.46. The van der Waals surface area contributed by atoms with E-state index in [0.29, 0.717) is 19.4 Å². The van der Waals surface area contributed by atoms with Gasteiger partial charge in [0.15, 0.2) is 0 Å². The summed E-state index contributed by atoms with van der Waals surface area (Å²) >= 11 is 0. The molecule has 5 nitrogen and oxygen atoms in total. The molecule has 0 saturated carbocycles. The number of carbonyl (C=O) groups is 1. The molecule has 0 aromatic carbocycles. The third-order valence-corrected chi connectivity index (χ3v) is 3.39. The Labute approximate surface area is 109 Å². The maximum absolute atomic E-state index is 11.6. The van der Waals surface area contributed by atoms with Gasteiger partial charge in [-0.3, -0.25) is 0 Å². The number of rotatable bonds is 3. The molecule has 0 spiro atoms. The highest BCUT2D eigenvalue weighted by molar-refractivity contribution is 5.67. The summed E-state index contributed by atoms with van der Waals surface area (Å²) in [6.07, 6.45) is 1.63. The monoisotopic (exact) mass is 258 g/mol. The Morgan fingerprint density at radius 2 is 1.83 bits per heavy atom. The molecule has 106 valence electrons. The van der Waals surface area contributed by atoms with Crippen LogP contribution in [-0.2, 0) is 4.74 Å². The molecule has 2 N–H and O–H groups in total. The van der Waals surface area contributed by atoms with Crippen molar-refractivity contribution in [2.24, 2.45) is 0 Å². The van der Waals surface area contributed by atoms with Gasteiger partial charge in [0.25, 0.3) is 0 Å². The Kier molecular flexibility index (Phi) is 4.61. The van der Waals surface area contributed by atoms with E-state index in [1.165, 1.54) is 5.06 Å². The molecule has 0 aliphatic carbocycles. The predicted molar refractivity (Wildman–Crippen MR) is 69.6 cm³/mol. The van der Waals surface area contributed by atoms with Crippen molar-refractivity contribution in [2.75, 3.05) is 6.54 Å². The fourth-order valence-electron chi connectivity index (χ4n) is 2.68. The van der Waals surface area contributed by atoms with E-state index < -0.39 is 11.1 Å². The van der Waals surface area contributed by atoms with Crippen LogP contribution < -0.4 is 5.32 Å². The summed E-state index contributed by atoms with van der Waals surface area (Å²) in [5, 5.41) is 14.2. The van der Waals surface area contributed by atoms with Crippen molar-refractivity contribution in [1.82, 2.24) is 10.4 Å². The molecule has 1 amide bonds.